The van der Waals surface area contributed by atoms with E-state index in [9.17, 15) is 13.2 Å². The Morgan fingerprint density at radius 2 is 1.57 bits per heavy atom. The molecule has 0 bridgehead atoms. The van der Waals surface area contributed by atoms with Crippen molar-refractivity contribution in [3.63, 3.8) is 0 Å². The minimum atomic E-state index is -3.83. The molecular formula is C27H26Br2N4O5S2. The van der Waals surface area contributed by atoms with Crippen molar-refractivity contribution in [2.75, 3.05) is 45.5 Å². The summed E-state index contributed by atoms with van der Waals surface area (Å²) in [7, 11) is -0.810. The van der Waals surface area contributed by atoms with Gasteiger partial charge in [0.15, 0.2) is 0 Å². The highest BCUT2D eigenvalue weighted by Crippen LogP contribution is 2.32. The molecule has 0 radical (unpaired) electrons. The van der Waals surface area contributed by atoms with E-state index in [0.29, 0.717) is 5.13 Å². The molecule has 0 aliphatic rings. The Balaban J connectivity index is 1.66. The summed E-state index contributed by atoms with van der Waals surface area (Å²) in [5.41, 5.74) is 1.78. The number of ether oxygens (including phenoxy) is 2. The molecule has 0 aliphatic carbocycles. The highest BCUT2D eigenvalue weighted by molar-refractivity contribution is 9.10. The van der Waals surface area contributed by atoms with Gasteiger partial charge in [0.1, 0.15) is 0 Å². The van der Waals surface area contributed by atoms with Crippen molar-refractivity contribution < 1.29 is 22.7 Å². The molecule has 0 saturated heterocycles. The first-order chi connectivity index (χ1) is 19.2. The van der Waals surface area contributed by atoms with Crippen LogP contribution in [-0.4, -0.2) is 70.4 Å². The molecule has 0 N–H and O–H groups in total. The van der Waals surface area contributed by atoms with Crippen LogP contribution in [0.4, 0.5) is 5.13 Å². The Kier molecular flexibility index (Phi) is 10.6. The predicted molar refractivity (Wildman–Crippen MR) is 165 cm³/mol. The SMILES string of the molecule is COCCN(CCOC)S(=O)(=O)c1ccc(C(=O)N(/N=C/c2ccc(Br)cc2)c2nc3ccc(Br)cc3s2)cc1. The summed E-state index contributed by atoms with van der Waals surface area (Å²) in [6, 6.07) is 18.9. The average molecular weight is 710 g/mol. The van der Waals surface area contributed by atoms with Gasteiger partial charge in [-0.25, -0.2) is 13.4 Å². The number of carbonyl (C=O) groups is 1. The number of fused-ring (bicyclic) bond motifs is 1. The fourth-order valence-corrected chi connectivity index (χ4v) is 6.76. The number of carbonyl (C=O) groups excluding carboxylic acids is 1. The van der Waals surface area contributed by atoms with Gasteiger partial charge in [0.25, 0.3) is 5.91 Å². The first kappa shape index (κ1) is 30.4. The van der Waals surface area contributed by atoms with Crippen LogP contribution in [0.15, 0.2) is 85.7 Å². The number of thiazole rings is 1. The summed E-state index contributed by atoms with van der Waals surface area (Å²) in [6.45, 7) is 0.831. The van der Waals surface area contributed by atoms with Crippen molar-refractivity contribution in [3.8, 4) is 0 Å². The van der Waals surface area contributed by atoms with E-state index in [-0.39, 0.29) is 36.8 Å². The minimum Gasteiger partial charge on any atom is -0.383 e. The van der Waals surface area contributed by atoms with Crippen molar-refractivity contribution in [2.24, 2.45) is 5.10 Å². The summed E-state index contributed by atoms with van der Waals surface area (Å²) in [5, 5.41) is 6.09. The molecule has 4 aromatic rings. The van der Waals surface area contributed by atoms with Gasteiger partial charge in [-0.3, -0.25) is 4.79 Å². The number of nitrogens with zero attached hydrogens (tertiary/aromatic N) is 4. The van der Waals surface area contributed by atoms with Crippen LogP contribution in [-0.2, 0) is 19.5 Å². The van der Waals surface area contributed by atoms with E-state index in [1.165, 1.54) is 59.1 Å². The lowest BCUT2D eigenvalue weighted by atomic mass is 10.2. The Bertz CT molecular complexity index is 1590. The van der Waals surface area contributed by atoms with Crippen LogP contribution in [0.2, 0.25) is 0 Å². The highest BCUT2D eigenvalue weighted by atomic mass is 79.9. The number of aromatic nitrogens is 1. The Morgan fingerprint density at radius 1 is 0.950 bits per heavy atom. The quantitative estimate of drug-likeness (QED) is 0.137. The fraction of sp³-hybridized carbons (Fsp3) is 0.222. The number of hydrazone groups is 1. The molecule has 1 heterocycles. The number of hydrogen-bond acceptors (Lipinski definition) is 8. The second kappa shape index (κ2) is 13.9. The van der Waals surface area contributed by atoms with Gasteiger partial charge in [0, 0.05) is 41.8 Å². The number of amides is 1. The lowest BCUT2D eigenvalue weighted by molar-refractivity contribution is 0.0987. The third-order valence-electron chi connectivity index (χ3n) is 5.73. The van der Waals surface area contributed by atoms with Gasteiger partial charge in [0.2, 0.25) is 15.2 Å². The number of rotatable bonds is 12. The fourth-order valence-electron chi connectivity index (χ4n) is 3.62. The van der Waals surface area contributed by atoms with Crippen molar-refractivity contribution >= 4 is 80.7 Å². The normalized spacial score (nSPS) is 12.0. The molecule has 210 valence electrons. The molecule has 9 nitrogen and oxygen atoms in total. The minimum absolute atomic E-state index is 0.0611. The molecule has 0 spiro atoms. The average Bonchev–Trinajstić information content (AvgIpc) is 3.36. The Morgan fingerprint density at radius 3 is 2.20 bits per heavy atom. The predicted octanol–water partition coefficient (Wildman–Crippen LogP) is 5.79. The maximum absolute atomic E-state index is 13.7. The van der Waals surface area contributed by atoms with Gasteiger partial charge in [0.05, 0.1) is 34.5 Å². The van der Waals surface area contributed by atoms with Crippen molar-refractivity contribution in [1.82, 2.24) is 9.29 Å². The Hall–Kier alpha value is -2.52. The van der Waals surface area contributed by atoms with E-state index in [4.69, 9.17) is 9.47 Å². The summed E-state index contributed by atoms with van der Waals surface area (Å²) in [4.78, 5) is 18.4. The lowest BCUT2D eigenvalue weighted by Gasteiger charge is -2.21. The van der Waals surface area contributed by atoms with E-state index >= 15 is 0 Å². The number of sulfonamides is 1. The summed E-state index contributed by atoms with van der Waals surface area (Å²) < 4.78 is 40.7. The second-order valence-electron chi connectivity index (χ2n) is 8.44. The third-order valence-corrected chi connectivity index (χ3v) is 9.66. The highest BCUT2D eigenvalue weighted by Gasteiger charge is 2.26. The van der Waals surface area contributed by atoms with Gasteiger partial charge in [-0.2, -0.15) is 14.4 Å². The van der Waals surface area contributed by atoms with Gasteiger partial charge in [-0.05, 0) is 60.2 Å². The molecule has 4 rings (SSSR count). The largest absolute Gasteiger partial charge is 0.383 e. The van der Waals surface area contributed by atoms with Crippen LogP contribution in [0, 0.1) is 0 Å². The summed E-state index contributed by atoms with van der Waals surface area (Å²) >= 11 is 8.21. The lowest BCUT2D eigenvalue weighted by Crippen LogP contribution is -2.36. The summed E-state index contributed by atoms with van der Waals surface area (Å²) in [5.74, 6) is -0.453. The van der Waals surface area contributed by atoms with Crippen LogP contribution in [0.1, 0.15) is 15.9 Å². The molecule has 13 heteroatoms. The number of methoxy groups -OCH3 is 2. The molecule has 0 atom stereocenters. The summed E-state index contributed by atoms with van der Waals surface area (Å²) in [6.07, 6.45) is 1.58. The van der Waals surface area contributed by atoms with E-state index in [1.807, 2.05) is 42.5 Å². The zero-order chi connectivity index (χ0) is 28.7. The maximum atomic E-state index is 13.7. The topological polar surface area (TPSA) is 101 Å². The van der Waals surface area contributed by atoms with Crippen molar-refractivity contribution in [2.45, 2.75) is 4.90 Å². The van der Waals surface area contributed by atoms with Crippen molar-refractivity contribution in [1.29, 1.82) is 0 Å². The molecule has 1 amide bonds. The van der Waals surface area contributed by atoms with Gasteiger partial charge in [-0.1, -0.05) is 55.3 Å². The smallest absolute Gasteiger partial charge is 0.280 e. The van der Waals surface area contributed by atoms with Gasteiger partial charge in [-0.15, -0.1) is 0 Å². The van der Waals surface area contributed by atoms with Crippen LogP contribution >= 0.6 is 43.2 Å². The molecule has 40 heavy (non-hydrogen) atoms. The van der Waals surface area contributed by atoms with E-state index in [0.717, 1.165) is 24.7 Å². The molecular weight excluding hydrogens is 684 g/mol. The monoisotopic (exact) mass is 708 g/mol. The number of anilines is 1. The van der Waals surface area contributed by atoms with Crippen LogP contribution in [0.3, 0.4) is 0 Å². The number of halogens is 2. The molecule has 0 fully saturated rings. The second-order valence-corrected chi connectivity index (χ2v) is 13.2. The number of hydrogen-bond donors (Lipinski definition) is 0. The molecule has 0 aliphatic heterocycles. The van der Waals surface area contributed by atoms with Gasteiger partial charge >= 0.3 is 0 Å². The maximum Gasteiger partial charge on any atom is 0.280 e. The first-order valence-corrected chi connectivity index (χ1v) is 15.9. The van der Waals surface area contributed by atoms with Gasteiger partial charge < -0.3 is 9.47 Å². The standard InChI is InChI=1S/C27H26Br2N4O5S2/c1-37-15-13-32(14-16-38-2)40(35,36)23-10-5-20(6-11-23)26(34)33(30-18-19-3-7-21(28)8-4-19)27-31-24-12-9-22(29)17-25(24)39-27/h3-12,17-18H,13-16H2,1-2H3/b30-18+. The zero-order valence-corrected chi connectivity index (χ0v) is 26.5. The Labute approximate surface area is 253 Å². The van der Waals surface area contributed by atoms with E-state index < -0.39 is 15.9 Å². The first-order valence-electron chi connectivity index (χ1n) is 12.0. The van der Waals surface area contributed by atoms with Crippen LogP contribution < -0.4 is 5.01 Å². The van der Waals surface area contributed by atoms with Crippen LogP contribution in [0.25, 0.3) is 10.2 Å². The zero-order valence-electron chi connectivity index (χ0n) is 21.7. The molecule has 0 saturated carbocycles. The number of benzene rings is 3. The van der Waals surface area contributed by atoms with E-state index in [1.54, 1.807) is 6.21 Å². The van der Waals surface area contributed by atoms with E-state index in [2.05, 4.69) is 41.9 Å². The molecule has 3 aromatic carbocycles. The molecule has 1 aromatic heterocycles. The van der Waals surface area contributed by atoms with Crippen LogP contribution in [0.5, 0.6) is 0 Å². The van der Waals surface area contributed by atoms with Crippen molar-refractivity contribution in [3.05, 3.63) is 86.8 Å². The molecule has 0 unspecified atom stereocenters. The third kappa shape index (κ3) is 7.40.